The van der Waals surface area contributed by atoms with Crippen molar-refractivity contribution in [3.05, 3.63) is 23.8 Å². The van der Waals surface area contributed by atoms with Gasteiger partial charge in [0.1, 0.15) is 0 Å². The highest BCUT2D eigenvalue weighted by atomic mass is 16.5. The van der Waals surface area contributed by atoms with Crippen LogP contribution in [0.25, 0.3) is 0 Å². The third-order valence-electron chi connectivity index (χ3n) is 4.68. The van der Waals surface area contributed by atoms with Crippen LogP contribution in [0.4, 0.5) is 11.4 Å². The van der Waals surface area contributed by atoms with Gasteiger partial charge in [-0.25, -0.2) is 0 Å². The van der Waals surface area contributed by atoms with E-state index in [1.54, 1.807) is 6.07 Å². The van der Waals surface area contributed by atoms with Crippen molar-refractivity contribution in [2.24, 2.45) is 0 Å². The molecular formula is C21H33N3O3. The first-order valence-electron chi connectivity index (χ1n) is 10.2. The van der Waals surface area contributed by atoms with E-state index in [-0.39, 0.29) is 11.8 Å². The number of hydrogen-bond donors (Lipinski definition) is 2. The first-order valence-corrected chi connectivity index (χ1v) is 10.2. The SMILES string of the molecule is CCCCC(=O)Nc1ccc(N2CCCC2)c(C(=O)NCCCOCC)c1. The zero-order valence-electron chi connectivity index (χ0n) is 16.7. The highest BCUT2D eigenvalue weighted by Gasteiger charge is 2.20. The fourth-order valence-electron chi connectivity index (χ4n) is 3.21. The second-order valence-electron chi connectivity index (χ2n) is 6.88. The molecule has 6 heteroatoms. The first-order chi connectivity index (χ1) is 13.2. The Labute approximate surface area is 162 Å². The van der Waals surface area contributed by atoms with Crippen molar-refractivity contribution in [3.8, 4) is 0 Å². The minimum absolute atomic E-state index is 0.00570. The molecule has 1 aliphatic rings. The van der Waals surface area contributed by atoms with Crippen molar-refractivity contribution in [1.29, 1.82) is 0 Å². The van der Waals surface area contributed by atoms with Gasteiger partial charge in [-0.3, -0.25) is 9.59 Å². The van der Waals surface area contributed by atoms with E-state index in [0.717, 1.165) is 50.9 Å². The first kappa shape index (κ1) is 21.2. The molecule has 150 valence electrons. The summed E-state index contributed by atoms with van der Waals surface area (Å²) in [5, 5.41) is 5.89. The molecule has 0 bridgehead atoms. The van der Waals surface area contributed by atoms with Gasteiger partial charge in [0.15, 0.2) is 0 Å². The van der Waals surface area contributed by atoms with Crippen molar-refractivity contribution in [1.82, 2.24) is 5.32 Å². The smallest absolute Gasteiger partial charge is 0.253 e. The normalized spacial score (nSPS) is 13.6. The lowest BCUT2D eigenvalue weighted by Crippen LogP contribution is -2.29. The van der Waals surface area contributed by atoms with Crippen LogP contribution in [-0.2, 0) is 9.53 Å². The summed E-state index contributed by atoms with van der Waals surface area (Å²) in [6.07, 6.45) is 5.42. The van der Waals surface area contributed by atoms with Crippen LogP contribution in [0, 0.1) is 0 Å². The van der Waals surface area contributed by atoms with Crippen molar-refractivity contribution >= 4 is 23.2 Å². The summed E-state index contributed by atoms with van der Waals surface area (Å²) in [6.45, 7) is 7.86. The number of benzene rings is 1. The number of anilines is 2. The average molecular weight is 376 g/mol. The Morgan fingerprint density at radius 1 is 1.15 bits per heavy atom. The summed E-state index contributed by atoms with van der Waals surface area (Å²) in [5.41, 5.74) is 2.25. The van der Waals surface area contributed by atoms with Gasteiger partial charge in [-0.05, 0) is 50.8 Å². The predicted octanol–water partition coefficient (Wildman–Crippen LogP) is 3.57. The van der Waals surface area contributed by atoms with Crippen LogP contribution in [0.1, 0.15) is 62.7 Å². The standard InChI is InChI=1S/C21H33N3O3/c1-3-5-9-20(25)23-17-10-11-19(24-13-6-7-14-24)18(16-17)21(26)22-12-8-15-27-4-2/h10-11,16H,3-9,12-15H2,1-2H3,(H,22,26)(H,23,25). The monoisotopic (exact) mass is 375 g/mol. The molecule has 2 N–H and O–H groups in total. The average Bonchev–Trinajstić information content (AvgIpc) is 3.20. The molecule has 1 aromatic carbocycles. The van der Waals surface area contributed by atoms with Crippen molar-refractivity contribution in [2.45, 2.75) is 52.4 Å². The molecule has 0 saturated carbocycles. The fourth-order valence-corrected chi connectivity index (χ4v) is 3.21. The van der Waals surface area contributed by atoms with Gasteiger partial charge in [0.25, 0.3) is 5.91 Å². The molecule has 6 nitrogen and oxygen atoms in total. The van der Waals surface area contributed by atoms with E-state index in [1.807, 2.05) is 19.1 Å². The molecule has 1 saturated heterocycles. The molecule has 0 aromatic heterocycles. The van der Waals surface area contributed by atoms with Crippen LogP contribution in [-0.4, -0.2) is 44.7 Å². The van der Waals surface area contributed by atoms with E-state index in [1.165, 1.54) is 0 Å². The predicted molar refractivity (Wildman–Crippen MR) is 109 cm³/mol. The Bertz CT molecular complexity index is 613. The molecule has 1 aromatic rings. The Kier molecular flexibility index (Phi) is 9.11. The Morgan fingerprint density at radius 3 is 2.63 bits per heavy atom. The van der Waals surface area contributed by atoms with Crippen LogP contribution in [0.2, 0.25) is 0 Å². The molecule has 1 aliphatic heterocycles. The van der Waals surface area contributed by atoms with E-state index in [2.05, 4.69) is 22.5 Å². The van der Waals surface area contributed by atoms with Gasteiger partial charge in [0.05, 0.1) is 5.56 Å². The minimum atomic E-state index is -0.0990. The molecule has 0 spiro atoms. The van der Waals surface area contributed by atoms with E-state index < -0.39 is 0 Å². The van der Waals surface area contributed by atoms with Crippen molar-refractivity contribution in [2.75, 3.05) is 43.1 Å². The maximum atomic E-state index is 12.8. The molecule has 0 atom stereocenters. The lowest BCUT2D eigenvalue weighted by atomic mass is 10.1. The van der Waals surface area contributed by atoms with E-state index in [9.17, 15) is 9.59 Å². The molecule has 1 heterocycles. The number of ether oxygens (including phenoxy) is 1. The highest BCUT2D eigenvalue weighted by Crippen LogP contribution is 2.27. The summed E-state index contributed by atoms with van der Waals surface area (Å²) in [6, 6.07) is 5.65. The van der Waals surface area contributed by atoms with Crippen LogP contribution in [0.5, 0.6) is 0 Å². The van der Waals surface area contributed by atoms with Crippen LogP contribution in [0.15, 0.2) is 18.2 Å². The summed E-state index contributed by atoms with van der Waals surface area (Å²) in [4.78, 5) is 27.1. The number of rotatable bonds is 11. The van der Waals surface area contributed by atoms with E-state index >= 15 is 0 Å². The van der Waals surface area contributed by atoms with Gasteiger partial charge in [-0.1, -0.05) is 13.3 Å². The fraction of sp³-hybridized carbons (Fsp3) is 0.619. The van der Waals surface area contributed by atoms with Crippen LogP contribution in [0.3, 0.4) is 0 Å². The van der Waals surface area contributed by atoms with Crippen LogP contribution < -0.4 is 15.5 Å². The molecule has 27 heavy (non-hydrogen) atoms. The molecule has 2 amide bonds. The van der Waals surface area contributed by atoms with Gasteiger partial charge in [-0.2, -0.15) is 0 Å². The minimum Gasteiger partial charge on any atom is -0.382 e. The maximum absolute atomic E-state index is 12.8. The number of unbranched alkanes of at least 4 members (excludes halogenated alkanes) is 1. The summed E-state index contributed by atoms with van der Waals surface area (Å²) < 4.78 is 5.31. The summed E-state index contributed by atoms with van der Waals surface area (Å²) >= 11 is 0. The highest BCUT2D eigenvalue weighted by molar-refractivity contribution is 6.02. The van der Waals surface area contributed by atoms with Crippen LogP contribution >= 0.6 is 0 Å². The number of carbonyl (C=O) groups excluding carboxylic acids is 2. The molecule has 0 radical (unpaired) electrons. The molecule has 2 rings (SSSR count). The largest absolute Gasteiger partial charge is 0.382 e. The van der Waals surface area contributed by atoms with Crippen molar-refractivity contribution < 1.29 is 14.3 Å². The lowest BCUT2D eigenvalue weighted by molar-refractivity contribution is -0.116. The number of nitrogens with zero attached hydrogens (tertiary/aromatic N) is 1. The Hall–Kier alpha value is -2.08. The maximum Gasteiger partial charge on any atom is 0.253 e. The number of hydrogen-bond acceptors (Lipinski definition) is 4. The molecule has 0 unspecified atom stereocenters. The van der Waals surface area contributed by atoms with Gasteiger partial charge in [0.2, 0.25) is 5.91 Å². The zero-order valence-corrected chi connectivity index (χ0v) is 16.7. The molecule has 0 aliphatic carbocycles. The second-order valence-corrected chi connectivity index (χ2v) is 6.88. The zero-order chi connectivity index (χ0) is 19.5. The quantitative estimate of drug-likeness (QED) is 0.580. The lowest BCUT2D eigenvalue weighted by Gasteiger charge is -2.22. The van der Waals surface area contributed by atoms with E-state index in [4.69, 9.17) is 4.74 Å². The number of amides is 2. The van der Waals surface area contributed by atoms with Gasteiger partial charge < -0.3 is 20.3 Å². The topological polar surface area (TPSA) is 70.7 Å². The van der Waals surface area contributed by atoms with Gasteiger partial charge in [0, 0.05) is 50.6 Å². The molecular weight excluding hydrogens is 342 g/mol. The second kappa shape index (κ2) is 11.6. The van der Waals surface area contributed by atoms with Gasteiger partial charge in [-0.15, -0.1) is 0 Å². The van der Waals surface area contributed by atoms with E-state index in [0.29, 0.717) is 37.4 Å². The Balaban J connectivity index is 2.07. The third kappa shape index (κ3) is 6.86. The number of carbonyl (C=O) groups is 2. The third-order valence-corrected chi connectivity index (χ3v) is 4.68. The Morgan fingerprint density at radius 2 is 1.93 bits per heavy atom. The summed E-state index contributed by atoms with van der Waals surface area (Å²) in [7, 11) is 0. The van der Waals surface area contributed by atoms with Gasteiger partial charge >= 0.3 is 0 Å². The van der Waals surface area contributed by atoms with Crippen molar-refractivity contribution in [3.63, 3.8) is 0 Å². The molecule has 1 fully saturated rings. The summed E-state index contributed by atoms with van der Waals surface area (Å²) in [5.74, 6) is -0.105. The number of nitrogens with one attached hydrogen (secondary N) is 2.